The predicted molar refractivity (Wildman–Crippen MR) is 178 cm³/mol. The van der Waals surface area contributed by atoms with Gasteiger partial charge >= 0.3 is 5.97 Å². The van der Waals surface area contributed by atoms with Crippen LogP contribution in [-0.2, 0) is 9.53 Å². The minimum atomic E-state index is -0.662. The molecule has 1 unspecified atom stereocenters. The maximum Gasteiger partial charge on any atom is 0.305 e. The number of alkyl halides is 1. The van der Waals surface area contributed by atoms with Crippen molar-refractivity contribution in [3.05, 3.63) is 91.5 Å². The van der Waals surface area contributed by atoms with Gasteiger partial charge in [-0.05, 0) is 74.1 Å². The fraction of sp³-hybridized carbons (Fsp3) is 0.412. The standard InChI is InChI=1S/C34H37IN4O4/c1-7-19-15(2)22-13-27-31(29(41)14-35)17(4)24(37-27)11-23-16(3)20(8-9-30(42)43-6)33(38-23)21-10-28(40)32-18(5)25(39-34(21)32)12-26(19)36-22/h11-13,16,20,29,38,40-41H,7-10,14H2,1-6H3/t16-,20-,29?/m0/s1. The van der Waals surface area contributed by atoms with Crippen LogP contribution in [0, 0.1) is 11.8 Å². The van der Waals surface area contributed by atoms with Crippen molar-refractivity contribution in [2.75, 3.05) is 11.5 Å². The highest BCUT2D eigenvalue weighted by Crippen LogP contribution is 2.46. The lowest BCUT2D eigenvalue weighted by Crippen LogP contribution is -2.16. The van der Waals surface area contributed by atoms with Crippen LogP contribution in [0.3, 0.4) is 0 Å². The summed E-state index contributed by atoms with van der Waals surface area (Å²) in [6, 6.07) is 0. The van der Waals surface area contributed by atoms with Gasteiger partial charge in [0.25, 0.3) is 0 Å². The van der Waals surface area contributed by atoms with Crippen LogP contribution in [-0.4, -0.2) is 51.0 Å². The lowest BCUT2D eigenvalue weighted by Gasteiger charge is -2.17. The number of halogens is 1. The van der Waals surface area contributed by atoms with E-state index in [-0.39, 0.29) is 24.2 Å². The van der Waals surface area contributed by atoms with Gasteiger partial charge in [-0.1, -0.05) is 36.4 Å². The average molecular weight is 693 g/mol. The smallest absolute Gasteiger partial charge is 0.305 e. The number of carbonyl (C=O) groups excluding carboxylic acids is 1. The number of ether oxygens (including phenoxy) is 1. The Labute approximate surface area is 266 Å². The largest absolute Gasteiger partial charge is 0.511 e. The zero-order valence-corrected chi connectivity index (χ0v) is 27.6. The minimum Gasteiger partial charge on any atom is -0.511 e. The molecule has 8 nitrogen and oxygen atoms in total. The number of aliphatic hydroxyl groups is 2. The zero-order chi connectivity index (χ0) is 30.7. The van der Waals surface area contributed by atoms with E-state index in [0.29, 0.717) is 23.0 Å². The van der Waals surface area contributed by atoms with Gasteiger partial charge in [-0.15, -0.1) is 0 Å². The molecular formula is C34H37IN4O4. The molecule has 0 amide bonds. The van der Waals surface area contributed by atoms with Gasteiger partial charge in [0, 0.05) is 57.2 Å². The SMILES string of the molecule is CCC1=C(C)C2=NC1=CC1=C(C)C3=C(O)CC(=C4NC(=CC5=NC(=C2)C(C(O)CI)=C5C)[C@@H](C)[C@@H]4CCC(=O)OC)C3=N1. The number of nitrogens with zero attached hydrogens (tertiary/aromatic N) is 3. The number of carbonyl (C=O) groups is 1. The molecule has 1 aliphatic carbocycles. The number of esters is 1. The number of aliphatic hydroxyl groups excluding tert-OH is 2. The van der Waals surface area contributed by atoms with Crippen molar-refractivity contribution >= 4 is 45.7 Å². The van der Waals surface area contributed by atoms with E-state index in [1.165, 1.54) is 7.11 Å². The number of allylic oxidation sites excluding steroid dienone is 11. The third kappa shape index (κ3) is 4.84. The van der Waals surface area contributed by atoms with E-state index in [1.807, 2.05) is 26.0 Å². The molecule has 6 rings (SSSR count). The van der Waals surface area contributed by atoms with E-state index in [9.17, 15) is 15.0 Å². The van der Waals surface area contributed by atoms with Crippen LogP contribution in [0.25, 0.3) is 0 Å². The average Bonchev–Trinajstić information content (AvgIpc) is 3.74. The monoisotopic (exact) mass is 692 g/mol. The zero-order valence-electron chi connectivity index (χ0n) is 25.4. The molecule has 9 heteroatoms. The van der Waals surface area contributed by atoms with E-state index >= 15 is 0 Å². The highest BCUT2D eigenvalue weighted by Gasteiger charge is 2.41. The summed E-state index contributed by atoms with van der Waals surface area (Å²) in [5.74, 6) is 0.107. The molecule has 8 bridgehead atoms. The second-order valence-electron chi connectivity index (χ2n) is 11.8. The summed E-state index contributed by atoms with van der Waals surface area (Å²) < 4.78 is 5.52. The Morgan fingerprint density at radius 1 is 1.09 bits per heavy atom. The number of aliphatic imine (C=N–C) groups is 3. The third-order valence-electron chi connectivity index (χ3n) is 9.47. The maximum atomic E-state index is 12.2. The second kappa shape index (κ2) is 11.3. The van der Waals surface area contributed by atoms with Gasteiger partial charge in [0.15, 0.2) is 0 Å². The normalized spacial score (nSPS) is 25.2. The molecule has 3 N–H and O–H groups in total. The van der Waals surface area contributed by atoms with Gasteiger partial charge in [0.1, 0.15) is 5.76 Å². The first-order valence-electron chi connectivity index (χ1n) is 14.9. The van der Waals surface area contributed by atoms with Crippen molar-refractivity contribution in [1.82, 2.24) is 5.32 Å². The molecule has 1 saturated heterocycles. The Hall–Kier alpha value is -3.31. The van der Waals surface area contributed by atoms with Crippen molar-refractivity contribution in [2.45, 2.75) is 66.4 Å². The first-order chi connectivity index (χ1) is 20.6. The summed E-state index contributed by atoms with van der Waals surface area (Å²) >= 11 is 2.21. The molecule has 3 atom stereocenters. The third-order valence-corrected chi connectivity index (χ3v) is 10.3. The molecule has 0 aromatic heterocycles. The number of hydrogen-bond acceptors (Lipinski definition) is 8. The molecule has 1 fully saturated rings. The Morgan fingerprint density at radius 3 is 2.51 bits per heavy atom. The van der Waals surface area contributed by atoms with Crippen molar-refractivity contribution in [3.8, 4) is 0 Å². The van der Waals surface area contributed by atoms with Crippen molar-refractivity contribution in [2.24, 2.45) is 26.8 Å². The Bertz CT molecular complexity index is 1710. The molecule has 43 heavy (non-hydrogen) atoms. The van der Waals surface area contributed by atoms with Gasteiger partial charge in [0.2, 0.25) is 0 Å². The lowest BCUT2D eigenvalue weighted by molar-refractivity contribution is -0.140. The number of rotatable bonds is 6. The summed E-state index contributed by atoms with van der Waals surface area (Å²) in [5.41, 5.74) is 13.4. The predicted octanol–water partition coefficient (Wildman–Crippen LogP) is 6.41. The molecule has 0 spiro atoms. The molecule has 0 aromatic carbocycles. The molecule has 6 aliphatic rings. The Balaban J connectivity index is 1.60. The first kappa shape index (κ1) is 29.7. The van der Waals surface area contributed by atoms with Crippen LogP contribution in [0.15, 0.2) is 106 Å². The van der Waals surface area contributed by atoms with Crippen LogP contribution >= 0.6 is 22.6 Å². The Morgan fingerprint density at radius 2 is 1.81 bits per heavy atom. The van der Waals surface area contributed by atoms with Gasteiger partial charge in [-0.25, -0.2) is 15.0 Å². The summed E-state index contributed by atoms with van der Waals surface area (Å²) in [6.07, 6.45) is 7.50. The van der Waals surface area contributed by atoms with E-state index in [1.54, 1.807) is 0 Å². The van der Waals surface area contributed by atoms with Crippen molar-refractivity contribution in [1.29, 1.82) is 0 Å². The molecule has 224 valence electrons. The molecular weight excluding hydrogens is 655 g/mol. The van der Waals surface area contributed by atoms with E-state index in [4.69, 9.17) is 19.7 Å². The fourth-order valence-corrected chi connectivity index (χ4v) is 7.44. The van der Waals surface area contributed by atoms with Crippen LogP contribution in [0.4, 0.5) is 0 Å². The number of hydrogen-bond donors (Lipinski definition) is 3. The highest BCUT2D eigenvalue weighted by atomic mass is 127. The maximum absolute atomic E-state index is 12.2. The lowest BCUT2D eigenvalue weighted by atomic mass is 9.86. The van der Waals surface area contributed by atoms with Gasteiger partial charge in [-0.3, -0.25) is 4.79 Å². The van der Waals surface area contributed by atoms with Crippen LogP contribution in [0.2, 0.25) is 0 Å². The molecule has 0 aromatic rings. The summed E-state index contributed by atoms with van der Waals surface area (Å²) in [4.78, 5) is 27.4. The quantitative estimate of drug-likeness (QED) is 0.169. The number of nitrogens with one attached hydrogen (secondary N) is 1. The summed E-state index contributed by atoms with van der Waals surface area (Å²) in [7, 11) is 1.41. The number of methoxy groups -OCH3 is 1. The first-order valence-corrected chi connectivity index (χ1v) is 16.4. The van der Waals surface area contributed by atoms with Gasteiger partial charge in [-0.2, -0.15) is 0 Å². The summed E-state index contributed by atoms with van der Waals surface area (Å²) in [6.45, 7) is 10.4. The minimum absolute atomic E-state index is 0.00635. The van der Waals surface area contributed by atoms with Crippen molar-refractivity contribution < 1.29 is 19.7 Å². The van der Waals surface area contributed by atoms with Crippen LogP contribution < -0.4 is 5.32 Å². The summed E-state index contributed by atoms with van der Waals surface area (Å²) in [5, 5.41) is 26.0. The second-order valence-corrected chi connectivity index (χ2v) is 12.7. The van der Waals surface area contributed by atoms with E-state index in [0.717, 1.165) is 91.1 Å². The van der Waals surface area contributed by atoms with Gasteiger partial charge in [0.05, 0.1) is 47.4 Å². The highest BCUT2D eigenvalue weighted by molar-refractivity contribution is 14.1. The Kier molecular flexibility index (Phi) is 7.83. The van der Waals surface area contributed by atoms with E-state index < -0.39 is 6.10 Å². The molecule has 5 heterocycles. The number of fused-ring (bicyclic) bond motifs is 5. The fourth-order valence-electron chi connectivity index (χ4n) is 7.00. The topological polar surface area (TPSA) is 116 Å². The van der Waals surface area contributed by atoms with Crippen LogP contribution in [0.1, 0.15) is 60.3 Å². The molecule has 0 radical (unpaired) electrons. The van der Waals surface area contributed by atoms with Crippen molar-refractivity contribution in [3.63, 3.8) is 0 Å². The van der Waals surface area contributed by atoms with Crippen LogP contribution in [0.5, 0.6) is 0 Å². The molecule has 0 saturated carbocycles. The molecule has 5 aliphatic heterocycles. The van der Waals surface area contributed by atoms with E-state index in [2.05, 4.69) is 54.8 Å². The van der Waals surface area contributed by atoms with Gasteiger partial charge < -0.3 is 20.3 Å².